The molecule has 2 heterocycles. The molecule has 1 aromatic carbocycles. The maximum atomic E-state index is 3.55. The fraction of sp³-hybridized carbons (Fsp3) is 0.385. The van der Waals surface area contributed by atoms with Gasteiger partial charge in [-0.25, -0.2) is 0 Å². The number of hydrogen-bond acceptors (Lipinski definition) is 1. The zero-order valence-electron chi connectivity index (χ0n) is 9.39. The van der Waals surface area contributed by atoms with Crippen LogP contribution in [-0.4, -0.2) is 11.1 Å². The molecule has 84 valence electrons. The number of nitrogens with zero attached hydrogens (tertiary/aromatic N) is 1. The molecule has 0 saturated carbocycles. The maximum Gasteiger partial charge on any atom is 0.0494 e. The van der Waals surface area contributed by atoms with E-state index in [1.54, 1.807) is 0 Å². The molecular weight excluding hydrogens is 264 g/mol. The largest absolute Gasteiger partial charge is 0.346 e. The summed E-state index contributed by atoms with van der Waals surface area (Å²) in [5, 5.41) is 4.91. The van der Waals surface area contributed by atoms with Crippen LogP contribution in [0.3, 0.4) is 0 Å². The fourth-order valence-electron chi connectivity index (χ4n) is 2.64. The summed E-state index contributed by atoms with van der Waals surface area (Å²) in [6.07, 6.45) is 2.43. The first kappa shape index (κ1) is 10.4. The van der Waals surface area contributed by atoms with Gasteiger partial charge in [0.25, 0.3) is 0 Å². The summed E-state index contributed by atoms with van der Waals surface area (Å²) < 4.78 is 3.48. The van der Waals surface area contributed by atoms with Gasteiger partial charge in [-0.2, -0.15) is 0 Å². The topological polar surface area (TPSA) is 17.0 Å². The zero-order valence-corrected chi connectivity index (χ0v) is 11.0. The molecule has 1 aliphatic rings. The molecule has 1 N–H and O–H groups in total. The van der Waals surface area contributed by atoms with E-state index in [4.69, 9.17) is 0 Å². The average molecular weight is 279 g/mol. The first-order valence-electron chi connectivity index (χ1n) is 5.74. The lowest BCUT2D eigenvalue weighted by molar-refractivity contribution is 0.661. The Kier molecular flexibility index (Phi) is 2.52. The van der Waals surface area contributed by atoms with E-state index < -0.39 is 0 Å². The molecule has 0 unspecified atom stereocenters. The van der Waals surface area contributed by atoms with Gasteiger partial charge in [0.05, 0.1) is 0 Å². The number of benzene rings is 1. The highest BCUT2D eigenvalue weighted by Crippen LogP contribution is 2.29. The normalized spacial score (nSPS) is 16.1. The van der Waals surface area contributed by atoms with Gasteiger partial charge in [0.2, 0.25) is 0 Å². The molecule has 3 heteroatoms. The van der Waals surface area contributed by atoms with E-state index in [0.29, 0.717) is 0 Å². The predicted octanol–water partition coefficient (Wildman–Crippen LogP) is 2.98. The predicted molar refractivity (Wildman–Crippen MR) is 70.6 cm³/mol. The Morgan fingerprint density at radius 1 is 1.38 bits per heavy atom. The van der Waals surface area contributed by atoms with Crippen LogP contribution in [0.15, 0.2) is 22.7 Å². The van der Waals surface area contributed by atoms with Crippen molar-refractivity contribution in [3.63, 3.8) is 0 Å². The molecule has 3 rings (SSSR count). The van der Waals surface area contributed by atoms with Crippen LogP contribution in [0.1, 0.15) is 17.7 Å². The number of rotatable bonds is 0. The highest BCUT2D eigenvalue weighted by Gasteiger charge is 2.16. The molecule has 0 aliphatic carbocycles. The second-order valence-corrected chi connectivity index (χ2v) is 5.34. The Morgan fingerprint density at radius 3 is 3.12 bits per heavy atom. The number of aromatic nitrogens is 1. The zero-order chi connectivity index (χ0) is 11.1. The highest BCUT2D eigenvalue weighted by molar-refractivity contribution is 9.10. The smallest absolute Gasteiger partial charge is 0.0494 e. The van der Waals surface area contributed by atoms with Crippen molar-refractivity contribution in [3.8, 4) is 0 Å². The lowest BCUT2D eigenvalue weighted by Crippen LogP contribution is -2.14. The second-order valence-electron chi connectivity index (χ2n) is 4.43. The number of nitrogens with one attached hydrogen (secondary N) is 1. The van der Waals surface area contributed by atoms with E-state index in [0.717, 1.165) is 17.6 Å². The standard InChI is InChI=1S/C13H15BrN2/c1-16-12-7-9(14)4-5-11(12)10-3-2-6-15-8-13(10)16/h4-5,7,15H,2-3,6,8H2,1H3. The van der Waals surface area contributed by atoms with Crippen molar-refractivity contribution in [2.24, 2.45) is 7.05 Å². The first-order valence-corrected chi connectivity index (χ1v) is 6.53. The SMILES string of the molecule is Cn1c2c(c3ccc(Br)cc31)CCCNC2. The van der Waals surface area contributed by atoms with Crippen molar-refractivity contribution >= 4 is 26.8 Å². The van der Waals surface area contributed by atoms with Crippen LogP contribution < -0.4 is 5.32 Å². The molecule has 1 aliphatic heterocycles. The molecule has 0 atom stereocenters. The molecule has 0 bridgehead atoms. The lowest BCUT2D eigenvalue weighted by Gasteiger charge is -2.04. The molecule has 0 amide bonds. The Bertz CT molecular complexity index is 542. The molecule has 16 heavy (non-hydrogen) atoms. The summed E-state index contributed by atoms with van der Waals surface area (Å²) in [4.78, 5) is 0. The summed E-state index contributed by atoms with van der Waals surface area (Å²) in [7, 11) is 2.17. The van der Waals surface area contributed by atoms with Gasteiger partial charge >= 0.3 is 0 Å². The van der Waals surface area contributed by atoms with Crippen LogP contribution in [-0.2, 0) is 20.0 Å². The van der Waals surface area contributed by atoms with Gasteiger partial charge < -0.3 is 9.88 Å². The van der Waals surface area contributed by atoms with E-state index in [9.17, 15) is 0 Å². The number of aryl methyl sites for hydroxylation is 2. The number of fused-ring (bicyclic) bond motifs is 3. The van der Waals surface area contributed by atoms with Crippen molar-refractivity contribution in [1.82, 2.24) is 9.88 Å². The fourth-order valence-corrected chi connectivity index (χ4v) is 2.99. The minimum atomic E-state index is 0.998. The molecule has 0 fully saturated rings. The third kappa shape index (κ3) is 1.50. The molecule has 2 nitrogen and oxygen atoms in total. The molecule has 0 saturated heterocycles. The molecule has 0 radical (unpaired) electrons. The first-order chi connectivity index (χ1) is 7.77. The summed E-state index contributed by atoms with van der Waals surface area (Å²) in [6, 6.07) is 6.59. The summed E-state index contributed by atoms with van der Waals surface area (Å²) >= 11 is 3.55. The average Bonchev–Trinajstić information content (AvgIpc) is 2.47. The van der Waals surface area contributed by atoms with E-state index in [-0.39, 0.29) is 0 Å². The Hall–Kier alpha value is -0.800. The summed E-state index contributed by atoms with van der Waals surface area (Å²) in [6.45, 7) is 2.13. The van der Waals surface area contributed by atoms with Gasteiger partial charge in [0.15, 0.2) is 0 Å². The minimum absolute atomic E-state index is 0.998. The quantitative estimate of drug-likeness (QED) is 0.784. The van der Waals surface area contributed by atoms with Crippen molar-refractivity contribution < 1.29 is 0 Å². The van der Waals surface area contributed by atoms with Gasteiger partial charge in [-0.15, -0.1) is 0 Å². The number of halogens is 1. The summed E-state index contributed by atoms with van der Waals surface area (Å²) in [5.74, 6) is 0. The van der Waals surface area contributed by atoms with Crippen LogP contribution in [0.4, 0.5) is 0 Å². The highest BCUT2D eigenvalue weighted by atomic mass is 79.9. The minimum Gasteiger partial charge on any atom is -0.346 e. The Balaban J connectivity index is 2.31. The van der Waals surface area contributed by atoms with Gasteiger partial charge in [-0.05, 0) is 37.1 Å². The van der Waals surface area contributed by atoms with Crippen LogP contribution in [0.2, 0.25) is 0 Å². The lowest BCUT2D eigenvalue weighted by atomic mass is 10.1. The maximum absolute atomic E-state index is 3.55. The van der Waals surface area contributed by atoms with Crippen LogP contribution in [0.25, 0.3) is 10.9 Å². The Morgan fingerprint density at radius 2 is 2.25 bits per heavy atom. The van der Waals surface area contributed by atoms with Crippen molar-refractivity contribution in [2.75, 3.05) is 6.54 Å². The van der Waals surface area contributed by atoms with Gasteiger partial charge in [0, 0.05) is 34.7 Å². The third-order valence-corrected chi connectivity index (χ3v) is 3.97. The van der Waals surface area contributed by atoms with E-state index in [2.05, 4.69) is 51.1 Å². The van der Waals surface area contributed by atoms with Gasteiger partial charge in [-0.1, -0.05) is 22.0 Å². The van der Waals surface area contributed by atoms with E-state index >= 15 is 0 Å². The molecule has 0 spiro atoms. The van der Waals surface area contributed by atoms with E-state index in [1.165, 1.54) is 35.0 Å². The second kappa shape index (κ2) is 3.90. The monoisotopic (exact) mass is 278 g/mol. The Labute approximate surface area is 104 Å². The van der Waals surface area contributed by atoms with Crippen LogP contribution in [0.5, 0.6) is 0 Å². The van der Waals surface area contributed by atoms with Crippen molar-refractivity contribution in [3.05, 3.63) is 33.9 Å². The summed E-state index contributed by atoms with van der Waals surface area (Å²) in [5.41, 5.74) is 4.32. The van der Waals surface area contributed by atoms with Gasteiger partial charge in [0.1, 0.15) is 0 Å². The molecule has 2 aromatic rings. The molecular formula is C13H15BrN2. The van der Waals surface area contributed by atoms with Gasteiger partial charge in [-0.3, -0.25) is 0 Å². The van der Waals surface area contributed by atoms with Crippen LogP contribution >= 0.6 is 15.9 Å². The third-order valence-electron chi connectivity index (χ3n) is 3.47. The van der Waals surface area contributed by atoms with Crippen molar-refractivity contribution in [2.45, 2.75) is 19.4 Å². The van der Waals surface area contributed by atoms with Crippen LogP contribution in [0, 0.1) is 0 Å². The van der Waals surface area contributed by atoms with E-state index in [1.807, 2.05) is 0 Å². The molecule has 1 aromatic heterocycles. The van der Waals surface area contributed by atoms with Crippen molar-refractivity contribution in [1.29, 1.82) is 0 Å². The number of hydrogen-bond donors (Lipinski definition) is 1.